The van der Waals surface area contributed by atoms with Crippen LogP contribution in [0.2, 0.25) is 0 Å². The molecule has 14 heavy (non-hydrogen) atoms. The molecule has 1 aromatic heterocycles. The van der Waals surface area contributed by atoms with Crippen LogP contribution in [-0.2, 0) is 4.79 Å². The Hall–Kier alpha value is -1.01. The van der Waals surface area contributed by atoms with E-state index in [1.165, 1.54) is 11.3 Å². The Balaban J connectivity index is 2.34. The van der Waals surface area contributed by atoms with Gasteiger partial charge in [-0.15, -0.1) is 10.2 Å². The number of aryl methyl sites for hydroxylation is 1. The highest BCUT2D eigenvalue weighted by Gasteiger charge is 2.05. The van der Waals surface area contributed by atoms with Crippen LogP contribution in [0, 0.1) is 6.92 Å². The SMILES string of the molecule is Cc1nnc(NC(=O)CNC(C)C)s1. The zero-order valence-corrected chi connectivity index (χ0v) is 9.31. The normalized spacial score (nSPS) is 10.6. The molecule has 5 nitrogen and oxygen atoms in total. The summed E-state index contributed by atoms with van der Waals surface area (Å²) in [6.07, 6.45) is 0. The summed E-state index contributed by atoms with van der Waals surface area (Å²) >= 11 is 1.37. The largest absolute Gasteiger partial charge is 0.306 e. The summed E-state index contributed by atoms with van der Waals surface area (Å²) in [7, 11) is 0. The van der Waals surface area contributed by atoms with Gasteiger partial charge in [0.2, 0.25) is 11.0 Å². The van der Waals surface area contributed by atoms with Gasteiger partial charge in [-0.1, -0.05) is 25.2 Å². The molecule has 0 aliphatic rings. The summed E-state index contributed by atoms with van der Waals surface area (Å²) in [6, 6.07) is 0.303. The molecule has 0 radical (unpaired) electrons. The predicted molar refractivity (Wildman–Crippen MR) is 56.4 cm³/mol. The molecule has 0 aromatic carbocycles. The molecule has 0 atom stereocenters. The van der Waals surface area contributed by atoms with Crippen molar-refractivity contribution in [2.45, 2.75) is 26.8 Å². The topological polar surface area (TPSA) is 66.9 Å². The smallest absolute Gasteiger partial charge is 0.240 e. The first-order chi connectivity index (χ1) is 6.58. The molecule has 0 aliphatic heterocycles. The molecule has 0 saturated carbocycles. The second-order valence-electron chi connectivity index (χ2n) is 3.21. The van der Waals surface area contributed by atoms with Gasteiger partial charge in [0.15, 0.2) is 0 Å². The van der Waals surface area contributed by atoms with Gasteiger partial charge >= 0.3 is 0 Å². The molecular weight excluding hydrogens is 200 g/mol. The minimum atomic E-state index is -0.0881. The van der Waals surface area contributed by atoms with E-state index in [1.807, 2.05) is 20.8 Å². The number of hydrogen-bond donors (Lipinski definition) is 2. The number of carbonyl (C=O) groups excluding carboxylic acids is 1. The van der Waals surface area contributed by atoms with Crippen molar-refractivity contribution in [2.75, 3.05) is 11.9 Å². The Kier molecular flexibility index (Phi) is 3.97. The van der Waals surface area contributed by atoms with Crippen molar-refractivity contribution in [3.63, 3.8) is 0 Å². The standard InChI is InChI=1S/C8H14N4OS/c1-5(2)9-4-7(13)10-8-12-11-6(3)14-8/h5,9H,4H2,1-3H3,(H,10,12,13). The van der Waals surface area contributed by atoms with Gasteiger partial charge in [-0.25, -0.2) is 0 Å². The van der Waals surface area contributed by atoms with Crippen LogP contribution < -0.4 is 10.6 Å². The first-order valence-electron chi connectivity index (χ1n) is 4.41. The summed E-state index contributed by atoms with van der Waals surface area (Å²) in [4.78, 5) is 11.3. The van der Waals surface area contributed by atoms with E-state index < -0.39 is 0 Å². The van der Waals surface area contributed by atoms with E-state index in [9.17, 15) is 4.79 Å². The molecule has 6 heteroatoms. The van der Waals surface area contributed by atoms with Crippen molar-refractivity contribution in [1.82, 2.24) is 15.5 Å². The maximum atomic E-state index is 11.3. The van der Waals surface area contributed by atoms with Gasteiger partial charge in [-0.05, 0) is 6.92 Å². The van der Waals surface area contributed by atoms with E-state index in [0.717, 1.165) is 5.01 Å². The van der Waals surface area contributed by atoms with Crippen molar-refractivity contribution in [1.29, 1.82) is 0 Å². The fourth-order valence-electron chi connectivity index (χ4n) is 0.807. The minimum absolute atomic E-state index is 0.0881. The van der Waals surface area contributed by atoms with Gasteiger partial charge in [0.05, 0.1) is 6.54 Å². The minimum Gasteiger partial charge on any atom is -0.306 e. The Morgan fingerprint density at radius 1 is 1.50 bits per heavy atom. The summed E-state index contributed by atoms with van der Waals surface area (Å²) in [5, 5.41) is 14.7. The molecule has 0 fully saturated rings. The predicted octanol–water partition coefficient (Wildman–Crippen LogP) is 0.783. The third-order valence-electron chi connectivity index (χ3n) is 1.44. The highest BCUT2D eigenvalue weighted by Crippen LogP contribution is 2.12. The second kappa shape index (κ2) is 5.02. The zero-order chi connectivity index (χ0) is 10.6. The monoisotopic (exact) mass is 214 g/mol. The van der Waals surface area contributed by atoms with Crippen LogP contribution in [-0.4, -0.2) is 28.7 Å². The molecule has 0 aliphatic carbocycles. The molecule has 1 amide bonds. The van der Waals surface area contributed by atoms with Gasteiger partial charge in [0.25, 0.3) is 0 Å². The quantitative estimate of drug-likeness (QED) is 0.777. The van der Waals surface area contributed by atoms with Crippen LogP contribution in [0.25, 0.3) is 0 Å². The Morgan fingerprint density at radius 2 is 2.21 bits per heavy atom. The number of aromatic nitrogens is 2. The number of carbonyl (C=O) groups is 1. The van der Waals surface area contributed by atoms with E-state index in [0.29, 0.717) is 17.7 Å². The third kappa shape index (κ3) is 3.80. The molecule has 2 N–H and O–H groups in total. The molecule has 0 spiro atoms. The summed E-state index contributed by atoms with van der Waals surface area (Å²) in [6.45, 7) is 6.13. The first-order valence-corrected chi connectivity index (χ1v) is 5.23. The highest BCUT2D eigenvalue weighted by atomic mass is 32.1. The lowest BCUT2D eigenvalue weighted by atomic mass is 10.4. The summed E-state index contributed by atoms with van der Waals surface area (Å²) in [5.41, 5.74) is 0. The molecule has 0 unspecified atom stereocenters. The lowest BCUT2D eigenvalue weighted by molar-refractivity contribution is -0.115. The van der Waals surface area contributed by atoms with Gasteiger partial charge in [0, 0.05) is 6.04 Å². The molecule has 78 valence electrons. The molecule has 1 heterocycles. The van der Waals surface area contributed by atoms with Gasteiger partial charge in [0.1, 0.15) is 5.01 Å². The number of nitrogens with zero attached hydrogens (tertiary/aromatic N) is 2. The van der Waals surface area contributed by atoms with Crippen molar-refractivity contribution < 1.29 is 4.79 Å². The fraction of sp³-hybridized carbons (Fsp3) is 0.625. The maximum absolute atomic E-state index is 11.3. The fourth-order valence-corrected chi connectivity index (χ4v) is 1.42. The Labute approximate surface area is 86.9 Å². The second-order valence-corrected chi connectivity index (χ2v) is 4.39. The Morgan fingerprint density at radius 3 is 2.71 bits per heavy atom. The van der Waals surface area contributed by atoms with Crippen LogP contribution in [0.4, 0.5) is 5.13 Å². The molecule has 0 saturated heterocycles. The van der Waals surface area contributed by atoms with E-state index in [4.69, 9.17) is 0 Å². The highest BCUT2D eigenvalue weighted by molar-refractivity contribution is 7.15. The van der Waals surface area contributed by atoms with Crippen molar-refractivity contribution in [3.8, 4) is 0 Å². The zero-order valence-electron chi connectivity index (χ0n) is 8.50. The maximum Gasteiger partial charge on any atom is 0.240 e. The number of amides is 1. The van der Waals surface area contributed by atoms with Crippen molar-refractivity contribution in [2.24, 2.45) is 0 Å². The number of anilines is 1. The van der Waals surface area contributed by atoms with Crippen molar-refractivity contribution in [3.05, 3.63) is 5.01 Å². The summed E-state index contributed by atoms with van der Waals surface area (Å²) < 4.78 is 0. The molecule has 1 rings (SSSR count). The van der Waals surface area contributed by atoms with Crippen LogP contribution >= 0.6 is 11.3 Å². The average Bonchev–Trinajstić information content (AvgIpc) is 2.48. The molecule has 0 bridgehead atoms. The van der Waals surface area contributed by atoms with Gasteiger partial charge in [-0.2, -0.15) is 0 Å². The van der Waals surface area contributed by atoms with E-state index in [2.05, 4.69) is 20.8 Å². The average molecular weight is 214 g/mol. The van der Waals surface area contributed by atoms with Crippen molar-refractivity contribution >= 4 is 22.4 Å². The van der Waals surface area contributed by atoms with Gasteiger partial charge in [-0.3, -0.25) is 10.1 Å². The van der Waals surface area contributed by atoms with Crippen LogP contribution in [0.15, 0.2) is 0 Å². The van der Waals surface area contributed by atoms with Crippen LogP contribution in [0.5, 0.6) is 0 Å². The van der Waals surface area contributed by atoms with Crippen LogP contribution in [0.1, 0.15) is 18.9 Å². The first kappa shape index (κ1) is 11.1. The summed E-state index contributed by atoms with van der Waals surface area (Å²) in [5.74, 6) is -0.0881. The number of rotatable bonds is 4. The van der Waals surface area contributed by atoms with E-state index in [-0.39, 0.29) is 5.91 Å². The van der Waals surface area contributed by atoms with E-state index >= 15 is 0 Å². The van der Waals surface area contributed by atoms with Gasteiger partial charge < -0.3 is 5.32 Å². The lowest BCUT2D eigenvalue weighted by Gasteiger charge is -2.06. The number of nitrogens with one attached hydrogen (secondary N) is 2. The molecule has 1 aromatic rings. The Bertz CT molecular complexity index is 310. The van der Waals surface area contributed by atoms with Crippen LogP contribution in [0.3, 0.4) is 0 Å². The number of hydrogen-bond acceptors (Lipinski definition) is 5. The third-order valence-corrected chi connectivity index (χ3v) is 2.20. The lowest BCUT2D eigenvalue weighted by Crippen LogP contribution is -2.32. The van der Waals surface area contributed by atoms with E-state index in [1.54, 1.807) is 0 Å². The molecular formula is C8H14N4OS.